The third-order valence-corrected chi connectivity index (χ3v) is 10.9. The lowest BCUT2D eigenvalue weighted by Gasteiger charge is -2.27. The van der Waals surface area contributed by atoms with E-state index in [2.05, 4.69) is 20.3 Å². The Morgan fingerprint density at radius 2 is 1.48 bits per heavy atom. The van der Waals surface area contributed by atoms with Crippen LogP contribution in [0, 0.1) is 6.92 Å². The van der Waals surface area contributed by atoms with Crippen LogP contribution in [0.15, 0.2) is 114 Å². The minimum atomic E-state index is -4.35. The minimum Gasteiger partial charge on any atom is -0.508 e. The Labute approximate surface area is 322 Å². The number of ether oxygens (including phenoxy) is 1. The summed E-state index contributed by atoms with van der Waals surface area (Å²) in [4.78, 5) is 71.5. The fraction of sp³-hybridized carbons (Fsp3) is 0.225. The van der Waals surface area contributed by atoms with Gasteiger partial charge in [-0.05, 0) is 60.4 Å². The summed E-state index contributed by atoms with van der Waals surface area (Å²) in [7, 11) is -4.35. The van der Waals surface area contributed by atoms with Crippen molar-refractivity contribution in [2.24, 2.45) is 5.73 Å². The minimum absolute atomic E-state index is 0.0647. The van der Waals surface area contributed by atoms with Crippen LogP contribution < -0.4 is 21.1 Å². The van der Waals surface area contributed by atoms with Crippen molar-refractivity contribution < 1.29 is 42.2 Å². The summed E-state index contributed by atoms with van der Waals surface area (Å²) in [6.07, 6.45) is 0.204. The number of aryl methyl sites for hydroxylation is 1. The Kier molecular flexibility index (Phi) is 11.8. The van der Waals surface area contributed by atoms with Gasteiger partial charge in [0.25, 0.3) is 5.91 Å². The van der Waals surface area contributed by atoms with Gasteiger partial charge in [-0.2, -0.15) is 4.72 Å². The van der Waals surface area contributed by atoms with Crippen LogP contribution in [-0.2, 0) is 53.2 Å². The van der Waals surface area contributed by atoms with E-state index in [1.807, 2.05) is 24.3 Å². The number of aromatic amines is 1. The number of H-pyrrole nitrogens is 1. The summed E-state index contributed by atoms with van der Waals surface area (Å²) >= 11 is 0. The second kappa shape index (κ2) is 16.9. The first-order valence-corrected chi connectivity index (χ1v) is 19.1. The quantitative estimate of drug-likeness (QED) is 0.0915. The van der Waals surface area contributed by atoms with Gasteiger partial charge in [-0.3, -0.25) is 19.2 Å². The first-order valence-electron chi connectivity index (χ1n) is 17.6. The van der Waals surface area contributed by atoms with Crippen LogP contribution >= 0.6 is 0 Å². The van der Waals surface area contributed by atoms with E-state index in [9.17, 15) is 37.5 Å². The number of carbonyl (C=O) groups is 5. The van der Waals surface area contributed by atoms with Crippen molar-refractivity contribution in [3.8, 4) is 5.75 Å². The zero-order valence-corrected chi connectivity index (χ0v) is 31.0. The molecule has 1 saturated heterocycles. The fourth-order valence-electron chi connectivity index (χ4n) is 6.39. The maximum absolute atomic E-state index is 14.3. The summed E-state index contributed by atoms with van der Waals surface area (Å²) in [5.41, 5.74) is 9.05. The number of fused-ring (bicyclic) bond motifs is 1. The largest absolute Gasteiger partial charge is 0.508 e. The number of benzene rings is 4. The van der Waals surface area contributed by atoms with Crippen LogP contribution in [-0.4, -0.2) is 83.9 Å². The van der Waals surface area contributed by atoms with Crippen molar-refractivity contribution in [1.29, 1.82) is 0 Å². The van der Waals surface area contributed by atoms with Gasteiger partial charge in [0.15, 0.2) is 6.04 Å². The molecule has 0 spiro atoms. The first-order chi connectivity index (χ1) is 26.8. The van der Waals surface area contributed by atoms with Gasteiger partial charge in [0.2, 0.25) is 27.7 Å². The number of nitrogens with zero attached hydrogens (tertiary/aromatic N) is 1. The van der Waals surface area contributed by atoms with E-state index in [1.54, 1.807) is 55.6 Å². The average molecular weight is 781 g/mol. The number of cyclic esters (lactones) is 1. The molecule has 0 aliphatic carbocycles. The molecule has 0 unspecified atom stereocenters. The number of nitrogens with one attached hydrogen (secondary N) is 4. The SMILES string of the molecule is Cc1ccc(S(=O)(=O)N[C@@H](Cc2ccc(O)cc2)C(=O)N2C(=O)OC[C@H]2C(=O)N[C@@H](Cc2c[nH]c3ccccc23)C(=O)N[C@@H](Cc2ccccc2)C(N)=O)cc1. The number of aromatic nitrogens is 1. The van der Waals surface area contributed by atoms with Crippen molar-refractivity contribution in [3.63, 3.8) is 0 Å². The van der Waals surface area contributed by atoms with Crippen LogP contribution in [0.3, 0.4) is 0 Å². The first kappa shape index (κ1) is 39.2. The number of imide groups is 1. The molecule has 5 aromatic rings. The molecule has 0 bridgehead atoms. The second-order valence-corrected chi connectivity index (χ2v) is 15.2. The van der Waals surface area contributed by atoms with E-state index >= 15 is 0 Å². The molecule has 7 N–H and O–H groups in total. The van der Waals surface area contributed by atoms with Gasteiger partial charge < -0.3 is 31.2 Å². The van der Waals surface area contributed by atoms with Gasteiger partial charge in [-0.1, -0.05) is 78.4 Å². The number of hydrogen-bond donors (Lipinski definition) is 6. The fourth-order valence-corrected chi connectivity index (χ4v) is 7.58. The molecule has 16 heteroatoms. The standard InChI is InChI=1S/C40H40N6O9S/c1-24-11-17-29(18-12-24)56(53,54)45-34(20-26-13-15-28(47)16-14-26)39(51)46-35(23-55-40(46)52)38(50)44-33(21-27-22-42-31-10-6-5-9-30(27)31)37(49)43-32(36(41)48)19-25-7-3-2-4-8-25/h2-18,22,32-35,42,45,47H,19-21,23H2,1H3,(H2,41,48)(H,43,49)(H,44,50)/t32-,33-,34-,35-/m0/s1. The number of sulfonamides is 1. The summed E-state index contributed by atoms with van der Waals surface area (Å²) in [6, 6.07) is 22.0. The van der Waals surface area contributed by atoms with Gasteiger partial charge in [-0.15, -0.1) is 0 Å². The molecule has 15 nitrogen and oxygen atoms in total. The number of phenolic OH excluding ortho intramolecular Hbond substituents is 1. The van der Waals surface area contributed by atoms with Crippen LogP contribution in [0.4, 0.5) is 4.79 Å². The lowest BCUT2D eigenvalue weighted by molar-refractivity contribution is -0.138. The van der Waals surface area contributed by atoms with Gasteiger partial charge in [0.05, 0.1) is 4.90 Å². The molecule has 6 rings (SSSR count). The molecule has 0 saturated carbocycles. The van der Waals surface area contributed by atoms with Crippen LogP contribution in [0.1, 0.15) is 22.3 Å². The van der Waals surface area contributed by atoms with E-state index in [0.29, 0.717) is 16.0 Å². The Balaban J connectivity index is 1.28. The molecule has 1 aliphatic rings. The Bertz CT molecular complexity index is 2350. The van der Waals surface area contributed by atoms with Crippen LogP contribution in [0.5, 0.6) is 5.75 Å². The number of phenols is 1. The molecular weight excluding hydrogens is 741 g/mol. The van der Waals surface area contributed by atoms with E-state index < -0.39 is 70.5 Å². The molecule has 290 valence electrons. The molecule has 1 aromatic heterocycles. The number of hydrogen-bond acceptors (Lipinski definition) is 9. The third-order valence-electron chi connectivity index (χ3n) is 9.39. The zero-order valence-electron chi connectivity index (χ0n) is 30.2. The van der Waals surface area contributed by atoms with Crippen molar-refractivity contribution >= 4 is 50.6 Å². The highest BCUT2D eigenvalue weighted by molar-refractivity contribution is 7.89. The topological polar surface area (TPSA) is 230 Å². The number of nitrogens with two attached hydrogens (primary N) is 1. The van der Waals surface area contributed by atoms with E-state index in [4.69, 9.17) is 10.5 Å². The lowest BCUT2D eigenvalue weighted by Crippen LogP contribution is -2.59. The van der Waals surface area contributed by atoms with E-state index in [-0.39, 0.29) is 29.9 Å². The zero-order chi connectivity index (χ0) is 40.0. The van der Waals surface area contributed by atoms with Crippen molar-refractivity contribution in [2.45, 2.75) is 55.2 Å². The van der Waals surface area contributed by atoms with Crippen molar-refractivity contribution in [3.05, 3.63) is 132 Å². The highest BCUT2D eigenvalue weighted by Crippen LogP contribution is 2.22. The van der Waals surface area contributed by atoms with Crippen LogP contribution in [0.2, 0.25) is 0 Å². The normalized spacial score (nSPS) is 15.8. The van der Waals surface area contributed by atoms with E-state index in [1.165, 1.54) is 36.4 Å². The number of para-hydroxylation sites is 1. The molecule has 56 heavy (non-hydrogen) atoms. The smallest absolute Gasteiger partial charge is 0.417 e. The van der Waals surface area contributed by atoms with Gasteiger partial charge in [0, 0.05) is 29.9 Å². The number of carbonyl (C=O) groups excluding carboxylic acids is 5. The molecule has 0 radical (unpaired) electrons. The summed E-state index contributed by atoms with van der Waals surface area (Å²) < 4.78 is 34.6. The highest BCUT2D eigenvalue weighted by Gasteiger charge is 2.46. The summed E-state index contributed by atoms with van der Waals surface area (Å²) in [5, 5.41) is 15.9. The number of primary amides is 1. The number of rotatable bonds is 15. The highest BCUT2D eigenvalue weighted by atomic mass is 32.2. The summed E-state index contributed by atoms with van der Waals surface area (Å²) in [6.45, 7) is 1.19. The Morgan fingerprint density at radius 1 is 0.839 bits per heavy atom. The maximum atomic E-state index is 14.3. The molecule has 1 aliphatic heterocycles. The van der Waals surface area contributed by atoms with Gasteiger partial charge in [0.1, 0.15) is 30.5 Å². The number of aromatic hydroxyl groups is 1. The molecule has 4 aromatic carbocycles. The predicted molar refractivity (Wildman–Crippen MR) is 204 cm³/mol. The Hall–Kier alpha value is -6.52. The third kappa shape index (κ3) is 9.22. The second-order valence-electron chi connectivity index (χ2n) is 13.4. The molecule has 5 amide bonds. The van der Waals surface area contributed by atoms with Crippen molar-refractivity contribution in [1.82, 2.24) is 25.2 Å². The molecule has 2 heterocycles. The van der Waals surface area contributed by atoms with Crippen LogP contribution in [0.25, 0.3) is 10.9 Å². The molecule has 4 atom stereocenters. The monoisotopic (exact) mass is 780 g/mol. The van der Waals surface area contributed by atoms with E-state index in [0.717, 1.165) is 22.0 Å². The molecular formula is C40H40N6O9S. The number of amides is 5. The van der Waals surface area contributed by atoms with Gasteiger partial charge in [-0.25, -0.2) is 18.1 Å². The lowest BCUT2D eigenvalue weighted by atomic mass is 10.0. The summed E-state index contributed by atoms with van der Waals surface area (Å²) in [5.74, 6) is -3.68. The van der Waals surface area contributed by atoms with Gasteiger partial charge >= 0.3 is 6.09 Å². The predicted octanol–water partition coefficient (Wildman–Crippen LogP) is 2.36. The maximum Gasteiger partial charge on any atom is 0.417 e. The van der Waals surface area contributed by atoms with Crippen molar-refractivity contribution in [2.75, 3.05) is 6.61 Å². The Morgan fingerprint density at radius 3 is 2.18 bits per heavy atom. The molecule has 1 fully saturated rings. The average Bonchev–Trinajstić information content (AvgIpc) is 3.78.